The van der Waals surface area contributed by atoms with E-state index in [1.54, 1.807) is 11.8 Å². The SMILES string of the molecule is C[C@H](/C=C/S(C)(=O)=O)NC(=O)c1cnc(N2CCOC[C@H]2c2c(F)ccc(F)c2Cl)cn1. The van der Waals surface area contributed by atoms with Gasteiger partial charge in [0, 0.05) is 29.8 Å². The second-order valence-electron chi connectivity index (χ2n) is 7.22. The smallest absolute Gasteiger partial charge is 0.271 e. The Labute approximate surface area is 189 Å². The summed E-state index contributed by atoms with van der Waals surface area (Å²) in [5.41, 5.74) is -0.0328. The number of halogens is 3. The summed E-state index contributed by atoms with van der Waals surface area (Å²) in [6.45, 7) is 2.33. The Morgan fingerprint density at radius 3 is 2.69 bits per heavy atom. The van der Waals surface area contributed by atoms with Crippen molar-refractivity contribution in [1.82, 2.24) is 15.3 Å². The Balaban J connectivity index is 1.79. The van der Waals surface area contributed by atoms with Gasteiger partial charge in [0.25, 0.3) is 5.91 Å². The van der Waals surface area contributed by atoms with E-state index in [1.807, 2.05) is 0 Å². The topological polar surface area (TPSA) is 101 Å². The van der Waals surface area contributed by atoms with Gasteiger partial charge in [0.05, 0.1) is 36.7 Å². The van der Waals surface area contributed by atoms with E-state index in [2.05, 4.69) is 15.3 Å². The van der Waals surface area contributed by atoms with Crippen molar-refractivity contribution < 1.29 is 26.7 Å². The van der Waals surface area contributed by atoms with Gasteiger partial charge in [0.2, 0.25) is 0 Å². The van der Waals surface area contributed by atoms with Crippen LogP contribution in [0.4, 0.5) is 14.6 Å². The number of anilines is 1. The number of amides is 1. The molecule has 172 valence electrons. The van der Waals surface area contributed by atoms with Crippen molar-refractivity contribution >= 4 is 33.2 Å². The van der Waals surface area contributed by atoms with Gasteiger partial charge in [-0.05, 0) is 19.1 Å². The molecule has 12 heteroatoms. The third-order valence-electron chi connectivity index (χ3n) is 4.68. The molecule has 1 aliphatic rings. The number of nitrogens with one attached hydrogen (secondary N) is 1. The summed E-state index contributed by atoms with van der Waals surface area (Å²) in [7, 11) is -3.31. The van der Waals surface area contributed by atoms with Crippen LogP contribution in [0.25, 0.3) is 0 Å². The number of sulfone groups is 1. The van der Waals surface area contributed by atoms with Crippen LogP contribution in [0.5, 0.6) is 0 Å². The molecule has 32 heavy (non-hydrogen) atoms. The minimum atomic E-state index is -3.31. The molecule has 0 radical (unpaired) electrons. The molecule has 0 spiro atoms. The lowest BCUT2D eigenvalue weighted by atomic mass is 10.0. The van der Waals surface area contributed by atoms with Crippen molar-refractivity contribution in [1.29, 1.82) is 0 Å². The van der Waals surface area contributed by atoms with Gasteiger partial charge in [-0.3, -0.25) is 4.79 Å². The Bertz CT molecular complexity index is 1130. The predicted molar refractivity (Wildman–Crippen MR) is 115 cm³/mol. The van der Waals surface area contributed by atoms with E-state index in [4.69, 9.17) is 16.3 Å². The number of morpholine rings is 1. The monoisotopic (exact) mass is 486 g/mol. The molecule has 0 unspecified atom stereocenters. The van der Waals surface area contributed by atoms with Crippen LogP contribution in [0.2, 0.25) is 5.02 Å². The highest BCUT2D eigenvalue weighted by Gasteiger charge is 2.31. The van der Waals surface area contributed by atoms with E-state index in [-0.39, 0.29) is 22.9 Å². The van der Waals surface area contributed by atoms with E-state index in [9.17, 15) is 22.0 Å². The third kappa shape index (κ3) is 5.78. The van der Waals surface area contributed by atoms with Crippen LogP contribution in [-0.4, -0.2) is 56.3 Å². The molecule has 1 aromatic heterocycles. The highest BCUT2D eigenvalue weighted by molar-refractivity contribution is 7.93. The lowest BCUT2D eigenvalue weighted by Gasteiger charge is -2.37. The molecule has 8 nitrogen and oxygen atoms in total. The fourth-order valence-electron chi connectivity index (χ4n) is 3.14. The first-order valence-electron chi connectivity index (χ1n) is 9.55. The van der Waals surface area contributed by atoms with Crippen LogP contribution in [-0.2, 0) is 14.6 Å². The van der Waals surface area contributed by atoms with E-state index < -0.39 is 39.5 Å². The van der Waals surface area contributed by atoms with E-state index in [1.165, 1.54) is 18.5 Å². The number of hydrogen-bond donors (Lipinski definition) is 1. The van der Waals surface area contributed by atoms with Crippen molar-refractivity contribution in [3.8, 4) is 0 Å². The molecule has 2 aromatic rings. The molecule has 1 saturated heterocycles. The molecule has 1 amide bonds. The van der Waals surface area contributed by atoms with Gasteiger partial charge in [0.15, 0.2) is 9.84 Å². The molecular formula is C20H21ClF2N4O4S. The third-order valence-corrected chi connectivity index (χ3v) is 5.72. The highest BCUT2D eigenvalue weighted by Crippen LogP contribution is 2.35. The molecule has 2 atom stereocenters. The number of rotatable bonds is 6. The van der Waals surface area contributed by atoms with Crippen molar-refractivity contribution in [2.24, 2.45) is 0 Å². The summed E-state index contributed by atoms with van der Waals surface area (Å²) in [5.74, 6) is -1.63. The Kier molecular flexibility index (Phi) is 7.42. The van der Waals surface area contributed by atoms with Crippen LogP contribution < -0.4 is 10.2 Å². The standard InChI is InChI=1S/C20H21ClF2N4O4S/c1-12(5-8-32(2,29)30)26-20(28)15-9-25-17(10-24-15)27-6-7-31-11-16(27)18-13(22)3-4-14(23)19(18)21/h3-5,8-10,12,16H,6-7,11H2,1-2H3,(H,26,28)/b8-5+/t12-,16+/m1/s1. The average Bonchev–Trinajstić information content (AvgIpc) is 2.75. The Morgan fingerprint density at radius 1 is 1.31 bits per heavy atom. The fourth-order valence-corrected chi connectivity index (χ4v) is 3.94. The number of carbonyl (C=O) groups is 1. The number of hydrogen-bond acceptors (Lipinski definition) is 7. The van der Waals surface area contributed by atoms with Gasteiger partial charge in [0.1, 0.15) is 23.1 Å². The normalized spacial score (nSPS) is 18.0. The molecule has 2 heterocycles. The Morgan fingerprint density at radius 2 is 2.03 bits per heavy atom. The maximum atomic E-state index is 14.5. The maximum absolute atomic E-state index is 14.5. The van der Waals surface area contributed by atoms with Crippen LogP contribution in [0.3, 0.4) is 0 Å². The summed E-state index contributed by atoms with van der Waals surface area (Å²) < 4.78 is 56.2. The number of carbonyl (C=O) groups excluding carboxylic acids is 1. The fraction of sp³-hybridized carbons (Fsp3) is 0.350. The zero-order valence-electron chi connectivity index (χ0n) is 17.3. The molecule has 1 aromatic carbocycles. The first kappa shape index (κ1) is 24.0. The highest BCUT2D eigenvalue weighted by atomic mass is 35.5. The zero-order valence-corrected chi connectivity index (χ0v) is 18.8. The summed E-state index contributed by atoms with van der Waals surface area (Å²) in [6, 6.07) is 0.665. The maximum Gasteiger partial charge on any atom is 0.271 e. The van der Waals surface area contributed by atoms with Crippen LogP contribution in [0.1, 0.15) is 29.0 Å². The van der Waals surface area contributed by atoms with Gasteiger partial charge < -0.3 is 15.0 Å². The van der Waals surface area contributed by atoms with Gasteiger partial charge in [-0.1, -0.05) is 17.7 Å². The average molecular weight is 487 g/mol. The second-order valence-corrected chi connectivity index (χ2v) is 9.53. The predicted octanol–water partition coefficient (Wildman–Crippen LogP) is 2.66. The van der Waals surface area contributed by atoms with Crippen molar-refractivity contribution in [2.45, 2.75) is 19.0 Å². The number of benzene rings is 1. The summed E-state index contributed by atoms with van der Waals surface area (Å²) in [4.78, 5) is 22.4. The van der Waals surface area contributed by atoms with Crippen LogP contribution in [0.15, 0.2) is 36.0 Å². The number of aromatic nitrogens is 2. The van der Waals surface area contributed by atoms with E-state index >= 15 is 0 Å². The largest absolute Gasteiger partial charge is 0.377 e. The molecule has 1 aliphatic heterocycles. The van der Waals surface area contributed by atoms with Gasteiger partial charge in [-0.15, -0.1) is 0 Å². The molecule has 0 aliphatic carbocycles. The quantitative estimate of drug-likeness (QED) is 0.626. The molecule has 1 N–H and O–H groups in total. The minimum absolute atomic E-state index is 0.00753. The van der Waals surface area contributed by atoms with Crippen molar-refractivity contribution in [3.63, 3.8) is 0 Å². The second kappa shape index (κ2) is 9.88. The van der Waals surface area contributed by atoms with Gasteiger partial charge in [-0.25, -0.2) is 27.2 Å². The molecule has 3 rings (SSSR count). The van der Waals surface area contributed by atoms with E-state index in [0.29, 0.717) is 19.0 Å². The molecule has 0 saturated carbocycles. The summed E-state index contributed by atoms with van der Waals surface area (Å²) >= 11 is 6.02. The molecule has 0 bridgehead atoms. The Hall–Kier alpha value is -2.63. The summed E-state index contributed by atoms with van der Waals surface area (Å²) in [5, 5.41) is 3.26. The van der Waals surface area contributed by atoms with E-state index in [0.717, 1.165) is 23.8 Å². The lowest BCUT2D eigenvalue weighted by Crippen LogP contribution is -2.41. The van der Waals surface area contributed by atoms with Gasteiger partial charge >= 0.3 is 0 Å². The van der Waals surface area contributed by atoms with Crippen LogP contribution in [0, 0.1) is 11.6 Å². The minimum Gasteiger partial charge on any atom is -0.377 e. The summed E-state index contributed by atoms with van der Waals surface area (Å²) in [6.07, 6.45) is 4.97. The molecule has 1 fully saturated rings. The van der Waals surface area contributed by atoms with Gasteiger partial charge in [-0.2, -0.15) is 0 Å². The lowest BCUT2D eigenvalue weighted by molar-refractivity contribution is 0.0922. The van der Waals surface area contributed by atoms with Crippen LogP contribution >= 0.6 is 11.6 Å². The zero-order chi connectivity index (χ0) is 23.5. The van der Waals surface area contributed by atoms with Crippen molar-refractivity contribution in [3.05, 3.63) is 63.9 Å². The van der Waals surface area contributed by atoms with Crippen molar-refractivity contribution in [2.75, 3.05) is 30.9 Å². The first-order chi connectivity index (χ1) is 15.1. The molecular weight excluding hydrogens is 466 g/mol. The first-order valence-corrected chi connectivity index (χ1v) is 11.9. The number of nitrogens with zero attached hydrogens (tertiary/aromatic N) is 3. The number of ether oxygens (including phenoxy) is 1.